The van der Waals surface area contributed by atoms with Gasteiger partial charge in [-0.1, -0.05) is 49.0 Å². The summed E-state index contributed by atoms with van der Waals surface area (Å²) in [5.74, 6) is 0.854. The highest BCUT2D eigenvalue weighted by molar-refractivity contribution is 9.09. The number of ether oxygens (including phenoxy) is 1. The summed E-state index contributed by atoms with van der Waals surface area (Å²) < 4.78 is 5.13. The van der Waals surface area contributed by atoms with Crippen molar-refractivity contribution in [3.05, 3.63) is 0 Å². The summed E-state index contributed by atoms with van der Waals surface area (Å²) in [6, 6.07) is 0. The van der Waals surface area contributed by atoms with Gasteiger partial charge in [0.25, 0.3) is 0 Å². The van der Waals surface area contributed by atoms with E-state index in [4.69, 9.17) is 4.74 Å². The summed E-state index contributed by atoms with van der Waals surface area (Å²) in [5, 5.41) is 0. The minimum Gasteiger partial charge on any atom is -0.383 e. The molecule has 2 nitrogen and oxygen atoms in total. The Kier molecular flexibility index (Phi) is 10.8. The normalized spacial score (nSPS) is 15.4. The van der Waals surface area contributed by atoms with Gasteiger partial charge in [-0.05, 0) is 19.4 Å². The molecule has 0 bridgehead atoms. The molecule has 0 aromatic heterocycles. The molecule has 16 heavy (non-hydrogen) atoms. The van der Waals surface area contributed by atoms with Crippen molar-refractivity contribution in [1.82, 2.24) is 4.90 Å². The van der Waals surface area contributed by atoms with E-state index in [9.17, 15) is 0 Å². The maximum Gasteiger partial charge on any atom is 0.0600 e. The van der Waals surface area contributed by atoms with E-state index in [0.717, 1.165) is 19.1 Å². The largest absolute Gasteiger partial charge is 0.383 e. The number of alkyl halides is 1. The Hall–Kier alpha value is 0.400. The molecule has 0 aliphatic carbocycles. The van der Waals surface area contributed by atoms with Gasteiger partial charge in [-0.25, -0.2) is 0 Å². The van der Waals surface area contributed by atoms with Gasteiger partial charge in [0.2, 0.25) is 0 Å². The van der Waals surface area contributed by atoms with E-state index < -0.39 is 0 Å². The maximum absolute atomic E-state index is 5.13. The van der Waals surface area contributed by atoms with Gasteiger partial charge in [-0.15, -0.1) is 0 Å². The molecule has 0 saturated carbocycles. The Morgan fingerprint density at radius 3 is 2.44 bits per heavy atom. The fourth-order valence-electron chi connectivity index (χ4n) is 2.00. The molecule has 0 aliphatic rings. The Morgan fingerprint density at radius 1 is 1.25 bits per heavy atom. The highest BCUT2D eigenvalue weighted by Crippen LogP contribution is 2.14. The van der Waals surface area contributed by atoms with Gasteiger partial charge in [0.05, 0.1) is 11.4 Å². The molecule has 0 radical (unpaired) electrons. The van der Waals surface area contributed by atoms with E-state index in [2.05, 4.69) is 41.7 Å². The molecule has 2 atom stereocenters. The molecule has 0 spiro atoms. The zero-order valence-electron chi connectivity index (χ0n) is 11.3. The van der Waals surface area contributed by atoms with Crippen LogP contribution in [-0.2, 0) is 4.74 Å². The van der Waals surface area contributed by atoms with Crippen molar-refractivity contribution in [3.8, 4) is 0 Å². The first-order valence-corrected chi connectivity index (χ1v) is 7.37. The van der Waals surface area contributed by atoms with Gasteiger partial charge < -0.3 is 9.64 Å². The number of halogens is 1. The van der Waals surface area contributed by atoms with Crippen LogP contribution in [0.4, 0.5) is 0 Å². The van der Waals surface area contributed by atoms with Gasteiger partial charge >= 0.3 is 0 Å². The van der Waals surface area contributed by atoms with Gasteiger partial charge in [0.15, 0.2) is 0 Å². The van der Waals surface area contributed by atoms with E-state index >= 15 is 0 Å². The molecule has 3 heteroatoms. The van der Waals surface area contributed by atoms with Gasteiger partial charge in [-0.2, -0.15) is 0 Å². The molecule has 2 unspecified atom stereocenters. The van der Waals surface area contributed by atoms with Crippen LogP contribution in [0.15, 0.2) is 0 Å². The van der Waals surface area contributed by atoms with Crippen LogP contribution in [0.5, 0.6) is 0 Å². The lowest BCUT2D eigenvalue weighted by Gasteiger charge is -2.25. The minimum absolute atomic E-state index is 0.450. The SMILES string of the molecule is CCCCC(CC)CN(C)CC(Br)COC. The van der Waals surface area contributed by atoms with Crippen molar-refractivity contribution in [2.45, 2.75) is 44.4 Å². The predicted molar refractivity (Wildman–Crippen MR) is 75.4 cm³/mol. The average Bonchev–Trinajstić information content (AvgIpc) is 2.24. The monoisotopic (exact) mass is 293 g/mol. The van der Waals surface area contributed by atoms with E-state index in [1.165, 1.54) is 32.2 Å². The zero-order chi connectivity index (χ0) is 12.4. The molecule has 0 N–H and O–H groups in total. The molecule has 0 amide bonds. The molecular formula is C13H28BrNO. The van der Waals surface area contributed by atoms with Gasteiger partial charge in [0, 0.05) is 20.2 Å². The third-order valence-corrected chi connectivity index (χ3v) is 3.52. The quantitative estimate of drug-likeness (QED) is 0.571. The van der Waals surface area contributed by atoms with Crippen LogP contribution < -0.4 is 0 Å². The number of rotatable bonds is 10. The smallest absolute Gasteiger partial charge is 0.0600 e. The summed E-state index contributed by atoms with van der Waals surface area (Å²) >= 11 is 3.64. The van der Waals surface area contributed by atoms with Crippen molar-refractivity contribution in [2.24, 2.45) is 5.92 Å². The Morgan fingerprint density at radius 2 is 1.94 bits per heavy atom. The van der Waals surface area contributed by atoms with Gasteiger partial charge in [0.1, 0.15) is 0 Å². The van der Waals surface area contributed by atoms with Crippen LogP contribution in [0.1, 0.15) is 39.5 Å². The number of unbranched alkanes of at least 4 members (excludes halogenated alkanes) is 1. The first-order valence-electron chi connectivity index (χ1n) is 6.45. The fraction of sp³-hybridized carbons (Fsp3) is 1.00. The molecular weight excluding hydrogens is 266 g/mol. The third kappa shape index (κ3) is 8.54. The number of hydrogen-bond acceptors (Lipinski definition) is 2. The topological polar surface area (TPSA) is 12.5 Å². The van der Waals surface area contributed by atoms with Crippen molar-refractivity contribution in [2.75, 3.05) is 33.9 Å². The second-order valence-electron chi connectivity index (χ2n) is 4.69. The zero-order valence-corrected chi connectivity index (χ0v) is 12.9. The second kappa shape index (κ2) is 10.5. The maximum atomic E-state index is 5.13. The van der Waals surface area contributed by atoms with E-state index in [-0.39, 0.29) is 0 Å². The van der Waals surface area contributed by atoms with Crippen LogP contribution >= 0.6 is 15.9 Å². The lowest BCUT2D eigenvalue weighted by atomic mass is 9.99. The number of nitrogens with zero attached hydrogens (tertiary/aromatic N) is 1. The van der Waals surface area contributed by atoms with Crippen molar-refractivity contribution >= 4 is 15.9 Å². The van der Waals surface area contributed by atoms with E-state index in [1.54, 1.807) is 7.11 Å². The molecule has 0 aliphatic heterocycles. The van der Waals surface area contributed by atoms with Crippen LogP contribution in [0.3, 0.4) is 0 Å². The van der Waals surface area contributed by atoms with E-state index in [0.29, 0.717) is 4.83 Å². The van der Waals surface area contributed by atoms with Crippen LogP contribution in [0.25, 0.3) is 0 Å². The number of methoxy groups -OCH3 is 1. The fourth-order valence-corrected chi connectivity index (χ4v) is 2.76. The van der Waals surface area contributed by atoms with Crippen molar-refractivity contribution in [1.29, 1.82) is 0 Å². The molecule has 0 saturated heterocycles. The first-order chi connectivity index (χ1) is 7.63. The standard InChI is InChI=1S/C13H28BrNO/c1-5-7-8-12(6-2)9-15(3)10-13(14)11-16-4/h12-13H,5-11H2,1-4H3. The predicted octanol–water partition coefficient (Wildman–Crippen LogP) is 3.54. The van der Waals surface area contributed by atoms with Gasteiger partial charge in [-0.3, -0.25) is 0 Å². The minimum atomic E-state index is 0.450. The van der Waals surface area contributed by atoms with Crippen molar-refractivity contribution < 1.29 is 4.74 Å². The lowest BCUT2D eigenvalue weighted by Crippen LogP contribution is -2.32. The van der Waals surface area contributed by atoms with E-state index in [1.807, 2.05) is 0 Å². The average molecular weight is 294 g/mol. The van der Waals surface area contributed by atoms with Crippen LogP contribution in [0, 0.1) is 5.92 Å². The van der Waals surface area contributed by atoms with Crippen LogP contribution in [0.2, 0.25) is 0 Å². The molecule has 0 heterocycles. The lowest BCUT2D eigenvalue weighted by molar-refractivity contribution is 0.179. The molecule has 0 aromatic carbocycles. The summed E-state index contributed by atoms with van der Waals surface area (Å²) in [6.07, 6.45) is 5.34. The number of hydrogen-bond donors (Lipinski definition) is 0. The van der Waals surface area contributed by atoms with Crippen molar-refractivity contribution in [3.63, 3.8) is 0 Å². The highest BCUT2D eigenvalue weighted by Gasteiger charge is 2.12. The third-order valence-electron chi connectivity index (χ3n) is 2.97. The highest BCUT2D eigenvalue weighted by atomic mass is 79.9. The molecule has 0 aromatic rings. The second-order valence-corrected chi connectivity index (χ2v) is 5.99. The molecule has 0 rings (SSSR count). The molecule has 98 valence electrons. The summed E-state index contributed by atoms with van der Waals surface area (Å²) in [5.41, 5.74) is 0. The van der Waals surface area contributed by atoms with Crippen LogP contribution in [-0.4, -0.2) is 43.6 Å². The summed E-state index contributed by atoms with van der Waals surface area (Å²) in [4.78, 5) is 2.87. The Bertz CT molecular complexity index is 155. The Labute approximate surface area is 110 Å². The summed E-state index contributed by atoms with van der Waals surface area (Å²) in [6.45, 7) is 7.63. The Balaban J connectivity index is 3.76. The first kappa shape index (κ1) is 16.4. The summed E-state index contributed by atoms with van der Waals surface area (Å²) in [7, 11) is 3.96. The molecule has 0 fully saturated rings.